The van der Waals surface area contributed by atoms with E-state index in [-0.39, 0.29) is 6.10 Å². The SMILES string of the molecule is C[C@@H]1CC[C@@H]2C[C@H]3[C@@H](CC[C@H]4C[C@H](O)CC[C@@H]43)C[C@]21C. The van der Waals surface area contributed by atoms with Crippen molar-refractivity contribution in [3.8, 4) is 0 Å². The maximum atomic E-state index is 9.97. The van der Waals surface area contributed by atoms with Gasteiger partial charge in [-0.05, 0) is 98.7 Å². The molecule has 1 heteroatoms. The number of rotatable bonds is 0. The normalized spacial score (nSPS) is 58.6. The second-order valence-corrected chi connectivity index (χ2v) is 9.01. The van der Waals surface area contributed by atoms with Crippen molar-refractivity contribution in [3.05, 3.63) is 0 Å². The number of aliphatic hydroxyl groups excluding tert-OH is 1. The molecule has 0 amide bonds. The minimum Gasteiger partial charge on any atom is -0.393 e. The second-order valence-electron chi connectivity index (χ2n) is 9.01. The molecule has 20 heavy (non-hydrogen) atoms. The van der Waals surface area contributed by atoms with Gasteiger partial charge in [-0.1, -0.05) is 13.8 Å². The Hall–Kier alpha value is -0.0400. The smallest absolute Gasteiger partial charge is 0.0543 e. The van der Waals surface area contributed by atoms with E-state index in [0.717, 1.165) is 48.3 Å². The lowest BCUT2D eigenvalue weighted by molar-refractivity contribution is -0.0660. The maximum absolute atomic E-state index is 9.97. The van der Waals surface area contributed by atoms with Crippen LogP contribution in [0.1, 0.15) is 71.6 Å². The summed E-state index contributed by atoms with van der Waals surface area (Å²) in [6, 6.07) is 0. The molecule has 0 aromatic rings. The molecule has 4 fully saturated rings. The molecule has 1 N–H and O–H groups in total. The molecular formula is C19H32O. The minimum atomic E-state index is 0.0214. The van der Waals surface area contributed by atoms with Gasteiger partial charge >= 0.3 is 0 Å². The van der Waals surface area contributed by atoms with Crippen molar-refractivity contribution in [1.29, 1.82) is 0 Å². The minimum absolute atomic E-state index is 0.0214. The molecule has 8 atom stereocenters. The van der Waals surface area contributed by atoms with Crippen molar-refractivity contribution < 1.29 is 5.11 Å². The highest BCUT2D eigenvalue weighted by Crippen LogP contribution is 2.63. The van der Waals surface area contributed by atoms with Gasteiger partial charge in [-0.15, -0.1) is 0 Å². The predicted molar refractivity (Wildman–Crippen MR) is 82.3 cm³/mol. The van der Waals surface area contributed by atoms with Gasteiger partial charge in [-0.25, -0.2) is 0 Å². The summed E-state index contributed by atoms with van der Waals surface area (Å²) in [5.41, 5.74) is 0.669. The lowest BCUT2D eigenvalue weighted by Gasteiger charge is -2.55. The third-order valence-corrected chi connectivity index (χ3v) is 8.34. The van der Waals surface area contributed by atoms with Crippen molar-refractivity contribution in [1.82, 2.24) is 0 Å². The Morgan fingerprint density at radius 3 is 2.50 bits per heavy atom. The van der Waals surface area contributed by atoms with Gasteiger partial charge in [0.2, 0.25) is 0 Å². The van der Waals surface area contributed by atoms with E-state index in [2.05, 4.69) is 13.8 Å². The first kappa shape index (κ1) is 13.6. The zero-order chi connectivity index (χ0) is 13.9. The van der Waals surface area contributed by atoms with Crippen LogP contribution in [0.3, 0.4) is 0 Å². The Morgan fingerprint density at radius 2 is 1.65 bits per heavy atom. The zero-order valence-electron chi connectivity index (χ0n) is 13.4. The number of fused-ring (bicyclic) bond motifs is 4. The van der Waals surface area contributed by atoms with Crippen LogP contribution >= 0.6 is 0 Å². The maximum Gasteiger partial charge on any atom is 0.0543 e. The molecule has 0 bridgehead atoms. The molecule has 4 saturated carbocycles. The molecule has 0 spiro atoms. The molecule has 4 rings (SSSR count). The molecule has 4 aliphatic carbocycles. The zero-order valence-corrected chi connectivity index (χ0v) is 13.4. The fourth-order valence-corrected chi connectivity index (χ4v) is 6.93. The third-order valence-electron chi connectivity index (χ3n) is 8.34. The van der Waals surface area contributed by atoms with Crippen LogP contribution < -0.4 is 0 Å². The Labute approximate surface area is 124 Å². The van der Waals surface area contributed by atoms with Gasteiger partial charge in [0, 0.05) is 0 Å². The Balaban J connectivity index is 1.55. The van der Waals surface area contributed by atoms with Gasteiger partial charge in [0.15, 0.2) is 0 Å². The molecule has 114 valence electrons. The van der Waals surface area contributed by atoms with E-state index in [1.54, 1.807) is 0 Å². The van der Waals surface area contributed by atoms with Crippen molar-refractivity contribution in [2.24, 2.45) is 40.9 Å². The van der Waals surface area contributed by atoms with E-state index in [4.69, 9.17) is 0 Å². The molecule has 0 saturated heterocycles. The predicted octanol–water partition coefficient (Wildman–Crippen LogP) is 4.64. The van der Waals surface area contributed by atoms with E-state index >= 15 is 0 Å². The summed E-state index contributed by atoms with van der Waals surface area (Å²) in [6.07, 6.45) is 12.5. The molecule has 0 aliphatic heterocycles. The van der Waals surface area contributed by atoms with Gasteiger partial charge < -0.3 is 5.11 Å². The summed E-state index contributed by atoms with van der Waals surface area (Å²) in [4.78, 5) is 0. The lowest BCUT2D eigenvalue weighted by atomic mass is 9.50. The van der Waals surface area contributed by atoms with Crippen molar-refractivity contribution in [2.75, 3.05) is 0 Å². The first-order chi connectivity index (χ1) is 9.58. The van der Waals surface area contributed by atoms with Crippen molar-refractivity contribution in [2.45, 2.75) is 77.7 Å². The van der Waals surface area contributed by atoms with Crippen LogP contribution in [0.15, 0.2) is 0 Å². The number of hydrogen-bond donors (Lipinski definition) is 1. The largest absolute Gasteiger partial charge is 0.393 e. The quantitative estimate of drug-likeness (QED) is 0.683. The van der Waals surface area contributed by atoms with Crippen molar-refractivity contribution >= 4 is 0 Å². The average Bonchev–Trinajstić information content (AvgIpc) is 2.71. The molecule has 0 unspecified atom stereocenters. The highest BCUT2D eigenvalue weighted by atomic mass is 16.3. The fourth-order valence-electron chi connectivity index (χ4n) is 6.93. The van der Waals surface area contributed by atoms with E-state index in [1.165, 1.54) is 44.9 Å². The Morgan fingerprint density at radius 1 is 0.850 bits per heavy atom. The van der Waals surface area contributed by atoms with E-state index < -0.39 is 0 Å². The molecular weight excluding hydrogens is 244 g/mol. The van der Waals surface area contributed by atoms with Crippen LogP contribution in [0.5, 0.6) is 0 Å². The Bertz CT molecular complexity index is 378. The summed E-state index contributed by atoms with van der Waals surface area (Å²) in [5, 5.41) is 9.97. The standard InChI is InChI=1S/C19H32O/c1-12-3-6-15-10-18-14(11-19(12,15)2)5-4-13-9-16(20)7-8-17(13)18/h12-18,20H,3-11H2,1-2H3/t12-,13+,14+,15-,16-,17+,18+,19+/m1/s1. The highest BCUT2D eigenvalue weighted by Gasteiger charge is 2.54. The van der Waals surface area contributed by atoms with Crippen LogP contribution in [-0.4, -0.2) is 11.2 Å². The van der Waals surface area contributed by atoms with Crippen LogP contribution in [-0.2, 0) is 0 Å². The van der Waals surface area contributed by atoms with Gasteiger partial charge in [-0.2, -0.15) is 0 Å². The highest BCUT2D eigenvalue weighted by molar-refractivity contribution is 5.04. The van der Waals surface area contributed by atoms with Crippen LogP contribution in [0.2, 0.25) is 0 Å². The molecule has 0 aromatic heterocycles. The van der Waals surface area contributed by atoms with E-state index in [1.807, 2.05) is 0 Å². The summed E-state index contributed by atoms with van der Waals surface area (Å²) in [7, 11) is 0. The third kappa shape index (κ3) is 1.91. The van der Waals surface area contributed by atoms with Gasteiger partial charge in [0.25, 0.3) is 0 Å². The van der Waals surface area contributed by atoms with Gasteiger partial charge in [0.1, 0.15) is 0 Å². The first-order valence-corrected chi connectivity index (χ1v) is 9.26. The van der Waals surface area contributed by atoms with E-state index in [9.17, 15) is 5.11 Å². The summed E-state index contributed by atoms with van der Waals surface area (Å²) >= 11 is 0. The monoisotopic (exact) mass is 276 g/mol. The topological polar surface area (TPSA) is 20.2 Å². The van der Waals surface area contributed by atoms with Crippen molar-refractivity contribution in [3.63, 3.8) is 0 Å². The van der Waals surface area contributed by atoms with Crippen LogP contribution in [0.4, 0.5) is 0 Å². The number of hydrogen-bond acceptors (Lipinski definition) is 1. The molecule has 0 heterocycles. The molecule has 4 aliphatic rings. The molecule has 1 nitrogen and oxygen atoms in total. The number of aliphatic hydroxyl groups is 1. The molecule has 0 radical (unpaired) electrons. The summed E-state index contributed by atoms with van der Waals surface area (Å²) in [5.74, 6) is 5.85. The fraction of sp³-hybridized carbons (Fsp3) is 1.00. The van der Waals surface area contributed by atoms with E-state index in [0.29, 0.717) is 5.41 Å². The lowest BCUT2D eigenvalue weighted by Crippen LogP contribution is -2.47. The van der Waals surface area contributed by atoms with Gasteiger partial charge in [-0.3, -0.25) is 0 Å². The summed E-state index contributed by atoms with van der Waals surface area (Å²) in [6.45, 7) is 5.13. The average molecular weight is 276 g/mol. The second kappa shape index (κ2) is 4.73. The van der Waals surface area contributed by atoms with Crippen LogP contribution in [0, 0.1) is 40.9 Å². The Kier molecular flexibility index (Phi) is 3.22. The molecule has 0 aromatic carbocycles. The summed E-state index contributed by atoms with van der Waals surface area (Å²) < 4.78 is 0. The van der Waals surface area contributed by atoms with Crippen LogP contribution in [0.25, 0.3) is 0 Å². The first-order valence-electron chi connectivity index (χ1n) is 9.26. The van der Waals surface area contributed by atoms with Gasteiger partial charge in [0.05, 0.1) is 6.10 Å².